The van der Waals surface area contributed by atoms with Gasteiger partial charge in [0.25, 0.3) is 5.91 Å². The molecule has 0 bridgehead atoms. The summed E-state index contributed by atoms with van der Waals surface area (Å²) in [5, 5.41) is 6.94. The van der Waals surface area contributed by atoms with Crippen molar-refractivity contribution in [1.82, 2.24) is 10.2 Å². The molecule has 1 heterocycles. The van der Waals surface area contributed by atoms with Crippen molar-refractivity contribution in [2.24, 2.45) is 0 Å². The molecule has 3 rings (SSSR count). The van der Waals surface area contributed by atoms with Crippen LogP contribution in [0.4, 0.5) is 5.69 Å². The fourth-order valence-electron chi connectivity index (χ4n) is 3.53. The molecule has 138 valence electrons. The number of benzene rings is 2. The number of rotatable bonds is 7. The first-order valence-corrected chi connectivity index (χ1v) is 9.64. The Kier molecular flexibility index (Phi) is 6.67. The normalized spacial score (nSPS) is 17.4. The van der Waals surface area contributed by atoms with Crippen molar-refractivity contribution in [3.8, 4) is 0 Å². The van der Waals surface area contributed by atoms with Crippen LogP contribution < -0.4 is 10.6 Å². The number of carbonyl (C=O) groups is 1. The molecule has 0 aliphatic carbocycles. The smallest absolute Gasteiger partial charge is 0.257 e. The van der Waals surface area contributed by atoms with Gasteiger partial charge in [-0.15, -0.1) is 0 Å². The molecule has 1 aliphatic heterocycles. The Morgan fingerprint density at radius 3 is 2.88 bits per heavy atom. The number of hydrogen-bond acceptors (Lipinski definition) is 3. The standard InChI is InChI=1S/C21H26ClN3O/c1-2-25-12-6-9-18(25)15-23-14-16-7-5-8-17(13-16)24-21(26)19-10-3-4-11-20(19)22/h3-5,7-8,10-11,13,18,23H,2,6,9,12,14-15H2,1H3,(H,24,26). The molecule has 5 heteroatoms. The van der Waals surface area contributed by atoms with E-state index in [0.29, 0.717) is 16.6 Å². The van der Waals surface area contributed by atoms with Gasteiger partial charge in [-0.1, -0.05) is 42.8 Å². The molecule has 2 aromatic rings. The number of nitrogens with one attached hydrogen (secondary N) is 2. The zero-order valence-electron chi connectivity index (χ0n) is 15.2. The van der Waals surface area contributed by atoms with E-state index in [1.54, 1.807) is 12.1 Å². The minimum atomic E-state index is -0.190. The maximum Gasteiger partial charge on any atom is 0.257 e. The molecular formula is C21H26ClN3O. The fourth-order valence-corrected chi connectivity index (χ4v) is 3.75. The van der Waals surface area contributed by atoms with Crippen LogP contribution in [0.5, 0.6) is 0 Å². The van der Waals surface area contributed by atoms with Gasteiger partial charge in [0.1, 0.15) is 0 Å². The molecule has 2 N–H and O–H groups in total. The number of amides is 1. The first kappa shape index (κ1) is 18.9. The van der Waals surface area contributed by atoms with Gasteiger partial charge in [-0.3, -0.25) is 9.69 Å². The average molecular weight is 372 g/mol. The van der Waals surface area contributed by atoms with E-state index in [9.17, 15) is 4.79 Å². The summed E-state index contributed by atoms with van der Waals surface area (Å²) in [4.78, 5) is 14.9. The highest BCUT2D eigenvalue weighted by Crippen LogP contribution is 2.18. The third-order valence-electron chi connectivity index (χ3n) is 4.92. The molecule has 0 radical (unpaired) electrons. The van der Waals surface area contributed by atoms with Gasteiger partial charge in [0.05, 0.1) is 10.6 Å². The lowest BCUT2D eigenvalue weighted by Crippen LogP contribution is -2.37. The molecule has 0 spiro atoms. The lowest BCUT2D eigenvalue weighted by Gasteiger charge is -2.23. The lowest BCUT2D eigenvalue weighted by atomic mass is 10.1. The summed E-state index contributed by atoms with van der Waals surface area (Å²) in [5.74, 6) is -0.190. The summed E-state index contributed by atoms with van der Waals surface area (Å²) < 4.78 is 0. The fraction of sp³-hybridized carbons (Fsp3) is 0.381. The van der Waals surface area contributed by atoms with Gasteiger partial charge in [0.2, 0.25) is 0 Å². The average Bonchev–Trinajstić information content (AvgIpc) is 3.10. The quantitative estimate of drug-likeness (QED) is 0.767. The molecule has 1 atom stereocenters. The van der Waals surface area contributed by atoms with E-state index in [1.807, 2.05) is 30.3 Å². The Morgan fingerprint density at radius 2 is 2.08 bits per heavy atom. The van der Waals surface area contributed by atoms with Crippen molar-refractivity contribution < 1.29 is 4.79 Å². The van der Waals surface area contributed by atoms with Gasteiger partial charge in [0, 0.05) is 24.8 Å². The third kappa shape index (κ3) is 4.85. The number of likely N-dealkylation sites (tertiary alicyclic amines) is 1. The maximum absolute atomic E-state index is 12.4. The summed E-state index contributed by atoms with van der Waals surface area (Å²) in [6.45, 7) is 6.36. The Hall–Kier alpha value is -1.88. The van der Waals surface area contributed by atoms with Crippen molar-refractivity contribution >= 4 is 23.2 Å². The van der Waals surface area contributed by atoms with Crippen molar-refractivity contribution in [3.63, 3.8) is 0 Å². The first-order chi connectivity index (χ1) is 12.7. The predicted molar refractivity (Wildman–Crippen MR) is 108 cm³/mol. The summed E-state index contributed by atoms with van der Waals surface area (Å²) >= 11 is 6.10. The number of halogens is 1. The predicted octanol–water partition coefficient (Wildman–Crippen LogP) is 4.17. The van der Waals surface area contributed by atoms with Crippen LogP contribution in [0.2, 0.25) is 5.02 Å². The molecule has 4 nitrogen and oxygen atoms in total. The van der Waals surface area contributed by atoms with Gasteiger partial charge in [-0.25, -0.2) is 0 Å². The second kappa shape index (κ2) is 9.17. The number of carbonyl (C=O) groups excluding carboxylic acids is 1. The zero-order valence-corrected chi connectivity index (χ0v) is 15.9. The van der Waals surface area contributed by atoms with Crippen molar-refractivity contribution in [2.45, 2.75) is 32.4 Å². The molecule has 1 amide bonds. The van der Waals surface area contributed by atoms with E-state index in [0.717, 1.165) is 30.9 Å². The zero-order chi connectivity index (χ0) is 18.4. The number of hydrogen-bond donors (Lipinski definition) is 2. The van der Waals surface area contributed by atoms with Crippen molar-refractivity contribution in [1.29, 1.82) is 0 Å². The van der Waals surface area contributed by atoms with Crippen molar-refractivity contribution in [3.05, 3.63) is 64.7 Å². The molecule has 0 aromatic heterocycles. The highest BCUT2D eigenvalue weighted by molar-refractivity contribution is 6.34. The van der Waals surface area contributed by atoms with Crippen LogP contribution in [0.15, 0.2) is 48.5 Å². The van der Waals surface area contributed by atoms with Crippen LogP contribution in [0.1, 0.15) is 35.7 Å². The van der Waals surface area contributed by atoms with Gasteiger partial charge >= 0.3 is 0 Å². The van der Waals surface area contributed by atoms with Crippen molar-refractivity contribution in [2.75, 3.05) is 25.0 Å². The maximum atomic E-state index is 12.4. The molecule has 0 saturated carbocycles. The van der Waals surface area contributed by atoms with Crippen LogP contribution >= 0.6 is 11.6 Å². The van der Waals surface area contributed by atoms with E-state index in [1.165, 1.54) is 19.4 Å². The second-order valence-corrected chi connectivity index (χ2v) is 7.10. The molecule has 1 unspecified atom stereocenters. The van der Waals surface area contributed by atoms with Crippen LogP contribution in [-0.2, 0) is 6.54 Å². The Balaban J connectivity index is 1.55. The van der Waals surface area contributed by atoms with Crippen LogP contribution in [0, 0.1) is 0 Å². The summed E-state index contributed by atoms with van der Waals surface area (Å²) in [7, 11) is 0. The van der Waals surface area contributed by atoms with E-state index in [4.69, 9.17) is 11.6 Å². The van der Waals surface area contributed by atoms with Gasteiger partial charge in [-0.2, -0.15) is 0 Å². The first-order valence-electron chi connectivity index (χ1n) is 9.27. The molecule has 2 aromatic carbocycles. The third-order valence-corrected chi connectivity index (χ3v) is 5.25. The highest BCUT2D eigenvalue weighted by Gasteiger charge is 2.22. The summed E-state index contributed by atoms with van der Waals surface area (Å²) in [5.41, 5.74) is 2.42. The number of likely N-dealkylation sites (N-methyl/N-ethyl adjacent to an activating group) is 1. The van der Waals surface area contributed by atoms with Crippen LogP contribution in [0.25, 0.3) is 0 Å². The Labute approximate surface area is 160 Å². The number of anilines is 1. The minimum absolute atomic E-state index is 0.190. The Morgan fingerprint density at radius 1 is 1.23 bits per heavy atom. The highest BCUT2D eigenvalue weighted by atomic mass is 35.5. The second-order valence-electron chi connectivity index (χ2n) is 6.69. The minimum Gasteiger partial charge on any atom is -0.322 e. The summed E-state index contributed by atoms with van der Waals surface area (Å²) in [6, 6.07) is 15.7. The van der Waals surface area contributed by atoms with Crippen LogP contribution in [-0.4, -0.2) is 36.5 Å². The SMILES string of the molecule is CCN1CCCC1CNCc1cccc(NC(=O)c2ccccc2Cl)c1. The molecule has 26 heavy (non-hydrogen) atoms. The van der Waals surface area contributed by atoms with E-state index in [2.05, 4.69) is 28.5 Å². The molecule has 1 fully saturated rings. The molecular weight excluding hydrogens is 346 g/mol. The molecule has 1 aliphatic rings. The monoisotopic (exact) mass is 371 g/mol. The largest absolute Gasteiger partial charge is 0.322 e. The van der Waals surface area contributed by atoms with E-state index in [-0.39, 0.29) is 5.91 Å². The number of nitrogens with zero attached hydrogens (tertiary/aromatic N) is 1. The van der Waals surface area contributed by atoms with Gasteiger partial charge < -0.3 is 10.6 Å². The summed E-state index contributed by atoms with van der Waals surface area (Å²) in [6.07, 6.45) is 2.57. The molecule has 1 saturated heterocycles. The van der Waals surface area contributed by atoms with Gasteiger partial charge in [-0.05, 0) is 55.8 Å². The topological polar surface area (TPSA) is 44.4 Å². The van der Waals surface area contributed by atoms with Gasteiger partial charge in [0.15, 0.2) is 0 Å². The Bertz CT molecular complexity index is 750. The van der Waals surface area contributed by atoms with E-state index >= 15 is 0 Å². The van der Waals surface area contributed by atoms with Crippen LogP contribution in [0.3, 0.4) is 0 Å². The van der Waals surface area contributed by atoms with E-state index < -0.39 is 0 Å². The lowest BCUT2D eigenvalue weighted by molar-refractivity contribution is 0.102.